The number of rotatable bonds is 1. The third-order valence-corrected chi connectivity index (χ3v) is 2.40. The van der Waals surface area contributed by atoms with Crippen LogP contribution in [0, 0.1) is 0 Å². The van der Waals surface area contributed by atoms with E-state index in [-0.39, 0.29) is 0 Å². The third-order valence-electron chi connectivity index (χ3n) is 1.29. The first-order valence-electron chi connectivity index (χ1n) is 2.72. The van der Waals surface area contributed by atoms with Gasteiger partial charge in [0.2, 0.25) is 0 Å². The molecule has 1 atom stereocenters. The van der Waals surface area contributed by atoms with Crippen molar-refractivity contribution in [1.82, 2.24) is 0 Å². The van der Waals surface area contributed by atoms with Gasteiger partial charge in [0.15, 0.2) is 0 Å². The standard InChI is InChI=1S/C6H5ClOS/c7-6-1-4(3-9-6)5-2-8-5/h1,3,5H,2H2/t5-/m0/s1. The molecule has 48 valence electrons. The van der Waals surface area contributed by atoms with Gasteiger partial charge in [0.25, 0.3) is 0 Å². The maximum Gasteiger partial charge on any atom is 0.107 e. The zero-order valence-corrected chi connectivity index (χ0v) is 6.21. The molecule has 0 aromatic carbocycles. The SMILES string of the molecule is Clc1cc([C@@H]2CO2)cs1. The molecule has 9 heavy (non-hydrogen) atoms. The Balaban J connectivity index is 2.28. The highest BCUT2D eigenvalue weighted by Crippen LogP contribution is 2.34. The molecule has 0 unspecified atom stereocenters. The second kappa shape index (κ2) is 1.97. The van der Waals surface area contributed by atoms with E-state index in [9.17, 15) is 0 Å². The van der Waals surface area contributed by atoms with Crippen molar-refractivity contribution in [2.24, 2.45) is 0 Å². The predicted octanol–water partition coefficient (Wildman–Crippen LogP) is 2.47. The molecular formula is C6H5ClOS. The molecule has 1 fully saturated rings. The maximum atomic E-state index is 5.70. The van der Waals surface area contributed by atoms with Crippen molar-refractivity contribution < 1.29 is 4.74 Å². The number of hydrogen-bond donors (Lipinski definition) is 0. The first kappa shape index (κ1) is 5.71. The third kappa shape index (κ3) is 1.11. The van der Waals surface area contributed by atoms with Crippen LogP contribution in [0.5, 0.6) is 0 Å². The van der Waals surface area contributed by atoms with Gasteiger partial charge in [0.1, 0.15) is 6.10 Å². The van der Waals surface area contributed by atoms with Crippen molar-refractivity contribution in [2.45, 2.75) is 6.10 Å². The monoisotopic (exact) mass is 160 g/mol. The Morgan fingerprint density at radius 3 is 3.00 bits per heavy atom. The number of thiophene rings is 1. The fraction of sp³-hybridized carbons (Fsp3) is 0.333. The Morgan fingerprint density at radius 1 is 1.78 bits per heavy atom. The zero-order valence-electron chi connectivity index (χ0n) is 4.63. The van der Waals surface area contributed by atoms with Crippen LogP contribution in [-0.4, -0.2) is 6.61 Å². The molecule has 0 amide bonds. The van der Waals surface area contributed by atoms with Crippen LogP contribution >= 0.6 is 22.9 Å². The van der Waals surface area contributed by atoms with Crippen molar-refractivity contribution >= 4 is 22.9 Å². The molecule has 3 heteroatoms. The molecule has 2 rings (SSSR count). The summed E-state index contributed by atoms with van der Waals surface area (Å²) in [6, 6.07) is 1.96. The molecule has 0 N–H and O–H groups in total. The highest BCUT2D eigenvalue weighted by molar-refractivity contribution is 7.14. The average molecular weight is 161 g/mol. The molecule has 0 aliphatic carbocycles. The van der Waals surface area contributed by atoms with Crippen molar-refractivity contribution in [3.63, 3.8) is 0 Å². The van der Waals surface area contributed by atoms with Crippen LogP contribution in [0.25, 0.3) is 0 Å². The Morgan fingerprint density at radius 2 is 2.56 bits per heavy atom. The van der Waals surface area contributed by atoms with E-state index < -0.39 is 0 Å². The van der Waals surface area contributed by atoms with Gasteiger partial charge in [0.05, 0.1) is 10.9 Å². The van der Waals surface area contributed by atoms with Gasteiger partial charge in [-0.3, -0.25) is 0 Å². The number of ether oxygens (including phenoxy) is 1. The van der Waals surface area contributed by atoms with Crippen LogP contribution in [0.3, 0.4) is 0 Å². The van der Waals surface area contributed by atoms with Crippen LogP contribution in [0.2, 0.25) is 4.34 Å². The summed E-state index contributed by atoms with van der Waals surface area (Å²) in [5.74, 6) is 0. The maximum absolute atomic E-state index is 5.70. The van der Waals surface area contributed by atoms with Crippen LogP contribution in [0.1, 0.15) is 11.7 Å². The molecule has 2 heterocycles. The van der Waals surface area contributed by atoms with Gasteiger partial charge in [0, 0.05) is 0 Å². The van der Waals surface area contributed by atoms with Gasteiger partial charge in [-0.25, -0.2) is 0 Å². The fourth-order valence-electron chi connectivity index (χ4n) is 0.733. The Bertz CT molecular complexity index is 217. The lowest BCUT2D eigenvalue weighted by Gasteiger charge is -1.80. The van der Waals surface area contributed by atoms with E-state index in [1.165, 1.54) is 5.56 Å². The van der Waals surface area contributed by atoms with Crippen molar-refractivity contribution in [1.29, 1.82) is 0 Å². The number of hydrogen-bond acceptors (Lipinski definition) is 2. The smallest absolute Gasteiger partial charge is 0.107 e. The molecule has 1 aliphatic rings. The topological polar surface area (TPSA) is 12.5 Å². The summed E-state index contributed by atoms with van der Waals surface area (Å²) in [7, 11) is 0. The van der Waals surface area contributed by atoms with E-state index in [0.717, 1.165) is 10.9 Å². The second-order valence-corrected chi connectivity index (χ2v) is 3.55. The van der Waals surface area contributed by atoms with E-state index in [1.807, 2.05) is 11.4 Å². The summed E-state index contributed by atoms with van der Waals surface area (Å²) in [5.41, 5.74) is 1.23. The molecule has 0 saturated carbocycles. The van der Waals surface area contributed by atoms with Gasteiger partial charge in [-0.2, -0.15) is 0 Å². The molecule has 0 bridgehead atoms. The van der Waals surface area contributed by atoms with E-state index in [0.29, 0.717) is 6.10 Å². The minimum Gasteiger partial charge on any atom is -0.368 e. The zero-order chi connectivity index (χ0) is 6.27. The van der Waals surface area contributed by atoms with Crippen LogP contribution in [-0.2, 0) is 4.74 Å². The molecule has 1 aromatic rings. The molecule has 1 nitrogen and oxygen atoms in total. The minimum absolute atomic E-state index is 0.355. The lowest BCUT2D eigenvalue weighted by molar-refractivity contribution is 0.416. The summed E-state index contributed by atoms with van der Waals surface area (Å²) in [5, 5.41) is 2.04. The fourth-order valence-corrected chi connectivity index (χ4v) is 1.67. The normalized spacial score (nSPS) is 24.3. The molecule has 1 saturated heterocycles. The van der Waals surface area contributed by atoms with Gasteiger partial charge in [-0.15, -0.1) is 11.3 Å². The Kier molecular flexibility index (Phi) is 1.25. The van der Waals surface area contributed by atoms with Crippen molar-refractivity contribution in [3.8, 4) is 0 Å². The quantitative estimate of drug-likeness (QED) is 0.575. The predicted molar refractivity (Wildman–Crippen MR) is 38.0 cm³/mol. The highest BCUT2D eigenvalue weighted by Gasteiger charge is 2.25. The largest absolute Gasteiger partial charge is 0.368 e. The van der Waals surface area contributed by atoms with Crippen LogP contribution in [0.4, 0.5) is 0 Å². The molecule has 1 aliphatic heterocycles. The molecule has 0 radical (unpaired) electrons. The lowest BCUT2D eigenvalue weighted by atomic mass is 10.3. The molecule has 1 aromatic heterocycles. The summed E-state index contributed by atoms with van der Waals surface area (Å²) in [6.45, 7) is 0.868. The van der Waals surface area contributed by atoms with Crippen LogP contribution < -0.4 is 0 Å². The van der Waals surface area contributed by atoms with E-state index in [4.69, 9.17) is 16.3 Å². The lowest BCUT2D eigenvalue weighted by Crippen LogP contribution is -1.69. The van der Waals surface area contributed by atoms with Gasteiger partial charge in [-0.05, 0) is 17.0 Å². The first-order valence-corrected chi connectivity index (χ1v) is 3.97. The number of epoxide rings is 1. The average Bonchev–Trinajstić information content (AvgIpc) is 2.58. The highest BCUT2D eigenvalue weighted by atomic mass is 35.5. The number of halogens is 1. The second-order valence-electron chi connectivity index (χ2n) is 2.01. The van der Waals surface area contributed by atoms with E-state index in [2.05, 4.69) is 0 Å². The summed E-state index contributed by atoms with van der Waals surface area (Å²) in [4.78, 5) is 0. The van der Waals surface area contributed by atoms with E-state index in [1.54, 1.807) is 11.3 Å². The summed E-state index contributed by atoms with van der Waals surface area (Å²) >= 11 is 7.25. The van der Waals surface area contributed by atoms with Gasteiger partial charge in [-0.1, -0.05) is 11.6 Å². The molecule has 0 spiro atoms. The first-order chi connectivity index (χ1) is 4.36. The van der Waals surface area contributed by atoms with Crippen molar-refractivity contribution in [3.05, 3.63) is 21.3 Å². The Labute approximate surface area is 62.2 Å². The van der Waals surface area contributed by atoms with Gasteiger partial charge < -0.3 is 4.74 Å². The minimum atomic E-state index is 0.355. The van der Waals surface area contributed by atoms with Gasteiger partial charge >= 0.3 is 0 Å². The summed E-state index contributed by atoms with van der Waals surface area (Å²) in [6.07, 6.45) is 0.355. The van der Waals surface area contributed by atoms with E-state index >= 15 is 0 Å². The molecular weight excluding hydrogens is 156 g/mol. The Hall–Kier alpha value is -0.0500. The van der Waals surface area contributed by atoms with Crippen LogP contribution in [0.15, 0.2) is 11.4 Å². The summed E-state index contributed by atoms with van der Waals surface area (Å²) < 4.78 is 5.90. The van der Waals surface area contributed by atoms with Crippen molar-refractivity contribution in [2.75, 3.05) is 6.61 Å².